The highest BCUT2D eigenvalue weighted by molar-refractivity contribution is 6.10. The van der Waals surface area contributed by atoms with Crippen LogP contribution in [0.2, 0.25) is 0 Å². The van der Waals surface area contributed by atoms with Crippen LogP contribution in [0, 0.1) is 18.3 Å². The average Bonchev–Trinajstić information content (AvgIpc) is 3.88. The SMILES string of the molecule is COc1ccc(C2=NN(C3CCN(C(=O)[C@@H](Cc4ccccc4)NC(=O)c4c(C)[nH]c5c(-c6c(OCC7CC7)ccc7c6OCO7)ncnc45)CC3)C(=O)C(C)(C)C2)cc1OC. The van der Waals surface area contributed by atoms with Crippen LogP contribution in [0.3, 0.4) is 0 Å². The molecule has 0 radical (unpaired) electrons. The summed E-state index contributed by atoms with van der Waals surface area (Å²) in [6.07, 6.45) is 5.48. The lowest BCUT2D eigenvalue weighted by molar-refractivity contribution is -0.145. The van der Waals surface area contributed by atoms with Crippen molar-refractivity contribution < 1.29 is 38.1 Å². The maximum Gasteiger partial charge on any atom is 0.255 e. The van der Waals surface area contributed by atoms with Crippen molar-refractivity contribution in [3.05, 3.63) is 89.4 Å². The lowest BCUT2D eigenvalue weighted by Gasteiger charge is -2.42. The highest BCUT2D eigenvalue weighted by Gasteiger charge is 2.43. The molecular formula is C47H51N7O8. The van der Waals surface area contributed by atoms with Crippen LogP contribution >= 0.6 is 0 Å². The summed E-state index contributed by atoms with van der Waals surface area (Å²) < 4.78 is 28.9. The molecule has 1 aliphatic carbocycles. The van der Waals surface area contributed by atoms with Gasteiger partial charge in [-0.05, 0) is 74.4 Å². The molecule has 62 heavy (non-hydrogen) atoms. The lowest BCUT2D eigenvalue weighted by Crippen LogP contribution is -2.55. The van der Waals surface area contributed by atoms with Crippen LogP contribution in [0.1, 0.15) is 73.1 Å². The van der Waals surface area contributed by atoms with Gasteiger partial charge in [0, 0.05) is 37.2 Å². The third-order valence-corrected chi connectivity index (χ3v) is 12.3. The zero-order valence-corrected chi connectivity index (χ0v) is 35.7. The van der Waals surface area contributed by atoms with Gasteiger partial charge < -0.3 is 38.9 Å². The molecule has 3 amide bonds. The Kier molecular flexibility index (Phi) is 11.0. The molecule has 3 aliphatic heterocycles. The molecule has 0 unspecified atom stereocenters. The van der Waals surface area contributed by atoms with Gasteiger partial charge in [-0.3, -0.25) is 14.4 Å². The summed E-state index contributed by atoms with van der Waals surface area (Å²) in [6.45, 7) is 7.10. The Morgan fingerprint density at radius 1 is 0.952 bits per heavy atom. The molecule has 1 atom stereocenters. The van der Waals surface area contributed by atoms with E-state index in [-0.39, 0.29) is 31.1 Å². The number of hydrazone groups is 1. The number of rotatable bonds is 13. The van der Waals surface area contributed by atoms with Gasteiger partial charge in [-0.25, -0.2) is 15.0 Å². The molecule has 322 valence electrons. The van der Waals surface area contributed by atoms with Crippen LogP contribution in [-0.4, -0.2) is 101 Å². The summed E-state index contributed by atoms with van der Waals surface area (Å²) in [5, 5.41) is 9.65. The van der Waals surface area contributed by atoms with Crippen LogP contribution in [0.25, 0.3) is 22.3 Å². The quantitative estimate of drug-likeness (QED) is 0.134. The van der Waals surface area contributed by atoms with Gasteiger partial charge in [0.1, 0.15) is 29.3 Å². The van der Waals surface area contributed by atoms with E-state index >= 15 is 0 Å². The van der Waals surface area contributed by atoms with E-state index in [9.17, 15) is 14.4 Å². The van der Waals surface area contributed by atoms with E-state index in [0.717, 1.165) is 29.7 Å². The van der Waals surface area contributed by atoms with Crippen molar-refractivity contribution in [3.8, 4) is 40.0 Å². The fourth-order valence-electron chi connectivity index (χ4n) is 8.65. The number of carbonyl (C=O) groups excluding carboxylic acids is 3. The fourth-order valence-corrected chi connectivity index (χ4v) is 8.65. The molecule has 0 spiro atoms. The second-order valence-corrected chi connectivity index (χ2v) is 17.1. The van der Waals surface area contributed by atoms with Crippen molar-refractivity contribution in [2.75, 3.05) is 40.7 Å². The molecule has 5 aromatic rings. The molecule has 2 fully saturated rings. The summed E-state index contributed by atoms with van der Waals surface area (Å²) >= 11 is 0. The molecule has 2 N–H and O–H groups in total. The second-order valence-electron chi connectivity index (χ2n) is 17.1. The largest absolute Gasteiger partial charge is 0.493 e. The van der Waals surface area contributed by atoms with Gasteiger partial charge in [-0.2, -0.15) is 5.10 Å². The van der Waals surface area contributed by atoms with Gasteiger partial charge >= 0.3 is 0 Å². The second kappa shape index (κ2) is 16.7. The van der Waals surface area contributed by atoms with E-state index < -0.39 is 17.4 Å². The number of aromatic amines is 1. The topological polar surface area (TPSA) is 170 Å². The molecule has 9 rings (SSSR count). The van der Waals surface area contributed by atoms with E-state index in [2.05, 4.69) is 20.3 Å². The first-order valence-corrected chi connectivity index (χ1v) is 21.2. The number of H-pyrrole nitrogens is 1. The van der Waals surface area contributed by atoms with Crippen molar-refractivity contribution in [2.45, 2.75) is 71.4 Å². The summed E-state index contributed by atoms with van der Waals surface area (Å²) in [7, 11) is 3.18. The van der Waals surface area contributed by atoms with Gasteiger partial charge in [-0.15, -0.1) is 0 Å². The van der Waals surface area contributed by atoms with E-state index in [1.54, 1.807) is 31.1 Å². The Bertz CT molecular complexity index is 2560. The van der Waals surface area contributed by atoms with Crippen molar-refractivity contribution in [1.82, 2.24) is 30.2 Å². The van der Waals surface area contributed by atoms with Crippen LogP contribution < -0.4 is 29.0 Å². The van der Waals surface area contributed by atoms with Gasteiger partial charge in [0.25, 0.3) is 5.91 Å². The number of benzene rings is 3. The van der Waals surface area contributed by atoms with Crippen LogP contribution in [0.5, 0.6) is 28.7 Å². The number of aromatic nitrogens is 3. The summed E-state index contributed by atoms with van der Waals surface area (Å²) in [4.78, 5) is 57.3. The summed E-state index contributed by atoms with van der Waals surface area (Å²) in [6, 6.07) is 17.9. The number of carbonyl (C=O) groups is 3. The highest BCUT2D eigenvalue weighted by atomic mass is 16.7. The molecule has 5 heterocycles. The molecule has 3 aromatic carbocycles. The Morgan fingerprint density at radius 3 is 2.45 bits per heavy atom. The molecule has 15 nitrogen and oxygen atoms in total. The normalized spacial score (nSPS) is 17.8. The number of hydrogen-bond donors (Lipinski definition) is 2. The Labute approximate surface area is 359 Å². The minimum atomic E-state index is -0.886. The number of fused-ring (bicyclic) bond motifs is 2. The molecule has 4 aliphatic rings. The van der Waals surface area contributed by atoms with Gasteiger partial charge in [-0.1, -0.05) is 44.2 Å². The van der Waals surface area contributed by atoms with Gasteiger partial charge in [0.2, 0.25) is 18.6 Å². The van der Waals surface area contributed by atoms with E-state index in [1.807, 2.05) is 74.5 Å². The first-order valence-electron chi connectivity index (χ1n) is 21.2. The lowest BCUT2D eigenvalue weighted by atomic mass is 9.82. The molecule has 15 heteroatoms. The predicted octanol–water partition coefficient (Wildman–Crippen LogP) is 6.46. The number of ether oxygens (including phenoxy) is 5. The number of nitrogens with one attached hydrogen (secondary N) is 2. The third kappa shape index (κ3) is 7.87. The van der Waals surface area contributed by atoms with Crippen molar-refractivity contribution in [3.63, 3.8) is 0 Å². The molecule has 2 aromatic heterocycles. The monoisotopic (exact) mass is 841 g/mol. The van der Waals surface area contributed by atoms with E-state index in [1.165, 1.54) is 6.33 Å². The smallest absolute Gasteiger partial charge is 0.255 e. The Hall–Kier alpha value is -6.64. The Morgan fingerprint density at radius 2 is 1.71 bits per heavy atom. The van der Waals surface area contributed by atoms with Gasteiger partial charge in [0.05, 0.1) is 54.6 Å². The average molecular weight is 842 g/mol. The van der Waals surface area contributed by atoms with Crippen molar-refractivity contribution in [2.24, 2.45) is 16.4 Å². The number of aryl methyl sites for hydroxylation is 1. The van der Waals surface area contributed by atoms with Crippen LogP contribution in [0.15, 0.2) is 72.1 Å². The van der Waals surface area contributed by atoms with E-state index in [4.69, 9.17) is 28.8 Å². The van der Waals surface area contributed by atoms with Crippen molar-refractivity contribution in [1.29, 1.82) is 0 Å². The zero-order valence-electron chi connectivity index (χ0n) is 35.7. The fraction of sp³-hybridized carbons (Fsp3) is 0.404. The first-order chi connectivity index (χ1) is 30.0. The number of likely N-dealkylation sites (tertiary alicyclic amines) is 1. The van der Waals surface area contributed by atoms with Crippen LogP contribution in [0.4, 0.5) is 0 Å². The number of amides is 3. The maximum atomic E-state index is 14.6. The van der Waals surface area contributed by atoms with Crippen LogP contribution in [-0.2, 0) is 16.0 Å². The zero-order chi connectivity index (χ0) is 43.1. The van der Waals surface area contributed by atoms with Crippen molar-refractivity contribution >= 4 is 34.5 Å². The molecule has 0 bridgehead atoms. The molecule has 1 saturated heterocycles. The molecular weight excluding hydrogens is 791 g/mol. The molecule has 1 saturated carbocycles. The summed E-state index contributed by atoms with van der Waals surface area (Å²) in [5.41, 5.74) is 4.80. The standard InChI is InChI=1S/C47H51N7O8/c1-27-38(40-42(50-27)41(49-25-48-40)39-35(60-24-29-11-12-29)15-16-36-43(39)62-26-61-36)44(55)51-32(21-28-9-7-6-8-10-28)45(56)53-19-17-31(18-20-53)54-46(57)47(2,3)23-33(52-54)30-13-14-34(58-4)37(22-30)59-5/h6-10,13-16,22,25,29,31-32,50H,11-12,17-21,23-24,26H2,1-5H3,(H,51,55)/t32-/m1/s1. The highest BCUT2D eigenvalue weighted by Crippen LogP contribution is 2.48. The minimum absolute atomic E-state index is 0.0543. The predicted molar refractivity (Wildman–Crippen MR) is 231 cm³/mol. The maximum absolute atomic E-state index is 14.6. The third-order valence-electron chi connectivity index (χ3n) is 12.3. The minimum Gasteiger partial charge on any atom is -0.493 e. The van der Waals surface area contributed by atoms with E-state index in [0.29, 0.717) is 107 Å². The van der Waals surface area contributed by atoms with Gasteiger partial charge in [0.15, 0.2) is 23.0 Å². The number of hydrogen-bond acceptors (Lipinski definition) is 11. The Balaban J connectivity index is 0.961. The number of piperidine rings is 1. The number of nitrogens with zero attached hydrogens (tertiary/aromatic N) is 5. The number of methoxy groups -OCH3 is 2. The summed E-state index contributed by atoms with van der Waals surface area (Å²) in [5.74, 6) is 2.72. The first kappa shape index (κ1) is 40.7.